The fourth-order valence-electron chi connectivity index (χ4n) is 2.84. The molecule has 2 saturated heterocycles. The van der Waals surface area contributed by atoms with Crippen LogP contribution in [0, 0.1) is 0 Å². The van der Waals surface area contributed by atoms with Gasteiger partial charge >= 0.3 is 10.4 Å². The summed E-state index contributed by atoms with van der Waals surface area (Å²) in [6.45, 7) is 0.783. The normalized spacial score (nSPS) is 48.3. The van der Waals surface area contributed by atoms with Gasteiger partial charge in [-0.25, -0.2) is 8.37 Å². The van der Waals surface area contributed by atoms with Gasteiger partial charge in [-0.3, -0.25) is 0 Å². The van der Waals surface area contributed by atoms with Gasteiger partial charge in [-0.1, -0.05) is 0 Å². The zero-order valence-corrected chi connectivity index (χ0v) is 9.16. The molecule has 0 aromatic rings. The van der Waals surface area contributed by atoms with Crippen LogP contribution in [0.4, 0.5) is 0 Å². The third-order valence-corrected chi connectivity index (χ3v) is 4.51. The van der Waals surface area contributed by atoms with Gasteiger partial charge in [0.2, 0.25) is 0 Å². The standard InChI is InChI=1S/C9H14O5S/c10-15(11)13-7-2-4-9(3-1-5-12-9)6-8(7)14-15/h7-8H,1-6H2/t7-,8+,9-/m1/s1. The third-order valence-electron chi connectivity index (χ3n) is 3.54. The van der Waals surface area contributed by atoms with Crippen LogP contribution < -0.4 is 0 Å². The van der Waals surface area contributed by atoms with Crippen LogP contribution in [-0.2, 0) is 23.5 Å². The van der Waals surface area contributed by atoms with E-state index in [1.165, 1.54) is 0 Å². The van der Waals surface area contributed by atoms with Crippen molar-refractivity contribution >= 4 is 10.4 Å². The van der Waals surface area contributed by atoms with E-state index in [2.05, 4.69) is 0 Å². The molecule has 0 N–H and O–H groups in total. The largest absolute Gasteiger partial charge is 0.400 e. The lowest BCUT2D eigenvalue weighted by molar-refractivity contribution is -0.0698. The molecule has 15 heavy (non-hydrogen) atoms. The summed E-state index contributed by atoms with van der Waals surface area (Å²) in [5.74, 6) is 0. The van der Waals surface area contributed by atoms with Crippen molar-refractivity contribution in [3.63, 3.8) is 0 Å². The Labute approximate surface area is 89.0 Å². The molecule has 3 atom stereocenters. The van der Waals surface area contributed by atoms with Crippen LogP contribution in [0.25, 0.3) is 0 Å². The van der Waals surface area contributed by atoms with Gasteiger partial charge in [-0.2, -0.15) is 8.42 Å². The molecule has 3 rings (SSSR count). The van der Waals surface area contributed by atoms with Crippen LogP contribution in [0.3, 0.4) is 0 Å². The highest BCUT2D eigenvalue weighted by molar-refractivity contribution is 7.82. The van der Waals surface area contributed by atoms with E-state index in [1.807, 2.05) is 0 Å². The van der Waals surface area contributed by atoms with Gasteiger partial charge in [0.1, 0.15) is 12.2 Å². The van der Waals surface area contributed by atoms with Gasteiger partial charge in [0.15, 0.2) is 0 Å². The Morgan fingerprint density at radius 1 is 1.13 bits per heavy atom. The minimum atomic E-state index is -3.73. The van der Waals surface area contributed by atoms with Crippen molar-refractivity contribution < 1.29 is 21.5 Å². The molecule has 5 nitrogen and oxygen atoms in total. The molecule has 2 heterocycles. The van der Waals surface area contributed by atoms with E-state index in [4.69, 9.17) is 13.1 Å². The summed E-state index contributed by atoms with van der Waals surface area (Å²) in [7, 11) is -3.73. The van der Waals surface area contributed by atoms with Crippen molar-refractivity contribution in [1.82, 2.24) is 0 Å². The topological polar surface area (TPSA) is 61.8 Å². The highest BCUT2D eigenvalue weighted by atomic mass is 32.3. The lowest BCUT2D eigenvalue weighted by atomic mass is 9.80. The van der Waals surface area contributed by atoms with E-state index < -0.39 is 10.4 Å². The van der Waals surface area contributed by atoms with Crippen molar-refractivity contribution in [1.29, 1.82) is 0 Å². The molecule has 0 amide bonds. The minimum absolute atomic E-state index is 0.135. The van der Waals surface area contributed by atoms with E-state index in [0.717, 1.165) is 25.9 Å². The zero-order valence-electron chi connectivity index (χ0n) is 8.35. The SMILES string of the molecule is O=S1(=O)O[C@H]2C[C@@]3(CCCO3)CC[C@H]2O1. The number of fused-ring (bicyclic) bond motifs is 1. The maximum atomic E-state index is 11.1. The first-order valence-corrected chi connectivity index (χ1v) is 6.67. The smallest absolute Gasteiger partial charge is 0.375 e. The van der Waals surface area contributed by atoms with E-state index in [-0.39, 0.29) is 17.8 Å². The maximum absolute atomic E-state index is 11.1. The van der Waals surface area contributed by atoms with Gasteiger partial charge in [0, 0.05) is 13.0 Å². The Bertz CT molecular complexity index is 357. The van der Waals surface area contributed by atoms with E-state index >= 15 is 0 Å². The average molecular weight is 234 g/mol. The van der Waals surface area contributed by atoms with Crippen molar-refractivity contribution in [2.45, 2.75) is 49.9 Å². The van der Waals surface area contributed by atoms with E-state index in [1.54, 1.807) is 0 Å². The van der Waals surface area contributed by atoms with Crippen molar-refractivity contribution in [2.75, 3.05) is 6.61 Å². The molecule has 0 aromatic heterocycles. The van der Waals surface area contributed by atoms with Crippen LogP contribution in [0.1, 0.15) is 32.1 Å². The molecule has 0 aromatic carbocycles. The molecule has 1 saturated carbocycles. The fraction of sp³-hybridized carbons (Fsp3) is 1.00. The van der Waals surface area contributed by atoms with E-state index in [0.29, 0.717) is 12.8 Å². The van der Waals surface area contributed by atoms with Gasteiger partial charge in [-0.05, 0) is 25.7 Å². The molecule has 1 spiro atoms. The summed E-state index contributed by atoms with van der Waals surface area (Å²) in [5, 5.41) is 0. The lowest BCUT2D eigenvalue weighted by Crippen LogP contribution is -2.42. The molecule has 6 heteroatoms. The average Bonchev–Trinajstić information content (AvgIpc) is 2.69. The number of rotatable bonds is 0. The molecule has 3 fully saturated rings. The van der Waals surface area contributed by atoms with Crippen molar-refractivity contribution in [3.05, 3.63) is 0 Å². The first-order valence-electron chi connectivity index (χ1n) is 5.34. The summed E-state index contributed by atoms with van der Waals surface area (Å²) in [6, 6.07) is 0. The number of ether oxygens (including phenoxy) is 1. The molecular formula is C9H14O5S. The van der Waals surface area contributed by atoms with Crippen LogP contribution >= 0.6 is 0 Å². The summed E-state index contributed by atoms with van der Waals surface area (Å²) in [6.07, 6.45) is 3.70. The molecular weight excluding hydrogens is 220 g/mol. The molecule has 3 aliphatic rings. The summed E-state index contributed by atoms with van der Waals surface area (Å²) < 4.78 is 37.7. The molecule has 1 aliphatic carbocycles. The van der Waals surface area contributed by atoms with Crippen LogP contribution in [-0.4, -0.2) is 32.8 Å². The lowest BCUT2D eigenvalue weighted by Gasteiger charge is -2.36. The Balaban J connectivity index is 1.78. The minimum Gasteiger partial charge on any atom is -0.375 e. The highest BCUT2D eigenvalue weighted by Gasteiger charge is 2.50. The van der Waals surface area contributed by atoms with Crippen molar-refractivity contribution in [3.8, 4) is 0 Å². The van der Waals surface area contributed by atoms with Gasteiger partial charge in [0.05, 0.1) is 5.60 Å². The summed E-state index contributed by atoms with van der Waals surface area (Å²) >= 11 is 0. The molecule has 86 valence electrons. The summed E-state index contributed by atoms with van der Waals surface area (Å²) in [4.78, 5) is 0. The van der Waals surface area contributed by atoms with Crippen LogP contribution in [0.15, 0.2) is 0 Å². The first kappa shape index (κ1) is 10.0. The quantitative estimate of drug-likeness (QED) is 0.619. The predicted octanol–water partition coefficient (Wildman–Crippen LogP) is 0.748. The Hall–Kier alpha value is -0.170. The summed E-state index contributed by atoms with van der Waals surface area (Å²) in [5.41, 5.74) is -0.135. The Morgan fingerprint density at radius 3 is 2.67 bits per heavy atom. The molecule has 0 unspecified atom stereocenters. The zero-order chi connectivity index (χ0) is 10.5. The number of hydrogen-bond acceptors (Lipinski definition) is 5. The second-order valence-corrected chi connectivity index (χ2v) is 5.76. The predicted molar refractivity (Wildman–Crippen MR) is 50.4 cm³/mol. The maximum Gasteiger partial charge on any atom is 0.400 e. The Kier molecular flexibility index (Phi) is 2.11. The third kappa shape index (κ3) is 1.69. The number of hydrogen-bond donors (Lipinski definition) is 0. The fourth-order valence-corrected chi connectivity index (χ4v) is 3.90. The van der Waals surface area contributed by atoms with Crippen LogP contribution in [0.5, 0.6) is 0 Å². The molecule has 0 radical (unpaired) electrons. The monoisotopic (exact) mass is 234 g/mol. The van der Waals surface area contributed by atoms with Gasteiger partial charge in [-0.15, -0.1) is 0 Å². The second-order valence-electron chi connectivity index (χ2n) is 4.56. The van der Waals surface area contributed by atoms with Gasteiger partial charge in [0.25, 0.3) is 0 Å². The highest BCUT2D eigenvalue weighted by Crippen LogP contribution is 2.44. The first-order chi connectivity index (χ1) is 7.09. The van der Waals surface area contributed by atoms with Crippen LogP contribution in [0.2, 0.25) is 0 Å². The Morgan fingerprint density at radius 2 is 1.93 bits per heavy atom. The molecule has 0 bridgehead atoms. The van der Waals surface area contributed by atoms with Crippen molar-refractivity contribution in [2.24, 2.45) is 0 Å². The second kappa shape index (κ2) is 3.16. The molecule has 2 aliphatic heterocycles. The van der Waals surface area contributed by atoms with Gasteiger partial charge < -0.3 is 4.74 Å². The van der Waals surface area contributed by atoms with E-state index in [9.17, 15) is 8.42 Å².